The van der Waals surface area contributed by atoms with Gasteiger partial charge in [-0.1, -0.05) is 75.3 Å². The first-order valence-electron chi connectivity index (χ1n) is 13.7. The summed E-state index contributed by atoms with van der Waals surface area (Å²) < 4.78 is 7.11. The molecule has 0 aromatic heterocycles. The lowest BCUT2D eigenvalue weighted by Crippen LogP contribution is -2.69. The van der Waals surface area contributed by atoms with Crippen LogP contribution >= 0.6 is 23.5 Å². The first-order chi connectivity index (χ1) is 19.9. The Balaban J connectivity index is 1.96. The molecule has 214 valence electrons. The molecule has 4 bridgehead atoms. The van der Waals surface area contributed by atoms with Gasteiger partial charge >= 0.3 is 11.9 Å². The summed E-state index contributed by atoms with van der Waals surface area (Å²) in [6.45, 7) is 7.78. The number of hydrogen-bond acceptors (Lipinski definition) is 10. The third-order valence-electron chi connectivity index (χ3n) is 10.1. The SMILES string of the molecule is COC(=O)C1=C2C=C(C(C)C)[C@@H]3C=C[C@@]24[C@@]25C=C[C@H](C(C(C)C)=CC2=C(C(=O)OC)C(=O)[C@@]35SC#N)[C@@]4(SC#N)C1=O. The molecule has 0 aliphatic heterocycles. The minimum atomic E-state index is -1.63. The highest BCUT2D eigenvalue weighted by molar-refractivity contribution is 8.06. The lowest BCUT2D eigenvalue weighted by Gasteiger charge is -2.63. The van der Waals surface area contributed by atoms with Crippen LogP contribution < -0.4 is 0 Å². The molecule has 2 spiro atoms. The van der Waals surface area contributed by atoms with Crippen molar-refractivity contribution in [3.05, 3.63) is 69.9 Å². The molecule has 6 atom stereocenters. The van der Waals surface area contributed by atoms with E-state index in [-0.39, 0.29) is 23.0 Å². The van der Waals surface area contributed by atoms with Crippen molar-refractivity contribution in [2.75, 3.05) is 14.2 Å². The van der Waals surface area contributed by atoms with Crippen molar-refractivity contribution < 1.29 is 28.7 Å². The highest BCUT2D eigenvalue weighted by Gasteiger charge is 2.87. The van der Waals surface area contributed by atoms with Crippen molar-refractivity contribution in [2.24, 2.45) is 34.5 Å². The molecule has 8 rings (SSSR count). The topological polar surface area (TPSA) is 134 Å². The van der Waals surface area contributed by atoms with E-state index in [4.69, 9.17) is 9.47 Å². The van der Waals surface area contributed by atoms with Gasteiger partial charge in [0.1, 0.15) is 31.4 Å². The zero-order valence-electron chi connectivity index (χ0n) is 23.9. The summed E-state index contributed by atoms with van der Waals surface area (Å²) in [5.41, 5.74) is -1.15. The lowest BCUT2D eigenvalue weighted by molar-refractivity contribution is -0.139. The minimum Gasteiger partial charge on any atom is -0.465 e. The molecule has 0 radical (unpaired) electrons. The van der Waals surface area contributed by atoms with Crippen LogP contribution in [0.2, 0.25) is 0 Å². The number of hydrogen-bond donors (Lipinski definition) is 0. The normalized spacial score (nSPS) is 36.5. The molecule has 0 unspecified atom stereocenters. The number of nitrogens with zero attached hydrogens (tertiary/aromatic N) is 2. The molecule has 0 amide bonds. The summed E-state index contributed by atoms with van der Waals surface area (Å²) in [6.07, 6.45) is 11.1. The minimum absolute atomic E-state index is 0.169. The van der Waals surface area contributed by atoms with Crippen LogP contribution in [0.25, 0.3) is 0 Å². The number of nitriles is 2. The van der Waals surface area contributed by atoms with Crippen molar-refractivity contribution >= 4 is 47.0 Å². The van der Waals surface area contributed by atoms with Gasteiger partial charge in [-0.05, 0) is 46.5 Å². The molecule has 0 saturated heterocycles. The smallest absolute Gasteiger partial charge is 0.341 e. The number of ether oxygens (including phenoxy) is 2. The molecule has 0 aromatic rings. The average molecular weight is 601 g/mol. The van der Waals surface area contributed by atoms with Crippen LogP contribution in [0.3, 0.4) is 0 Å². The van der Waals surface area contributed by atoms with E-state index in [1.54, 1.807) is 0 Å². The monoisotopic (exact) mass is 600 g/mol. The highest BCUT2D eigenvalue weighted by atomic mass is 32.2. The van der Waals surface area contributed by atoms with Crippen molar-refractivity contribution in [1.82, 2.24) is 0 Å². The van der Waals surface area contributed by atoms with Gasteiger partial charge < -0.3 is 9.47 Å². The predicted octanol–water partition coefficient (Wildman–Crippen LogP) is 4.53. The van der Waals surface area contributed by atoms with Gasteiger partial charge in [0.15, 0.2) is 11.6 Å². The molecule has 8 aliphatic carbocycles. The van der Waals surface area contributed by atoms with E-state index < -0.39 is 55.7 Å². The molecule has 42 heavy (non-hydrogen) atoms. The molecule has 0 N–H and O–H groups in total. The van der Waals surface area contributed by atoms with Gasteiger partial charge in [0.2, 0.25) is 0 Å². The van der Waals surface area contributed by atoms with Crippen LogP contribution in [-0.2, 0) is 28.7 Å². The maximum Gasteiger partial charge on any atom is 0.341 e. The van der Waals surface area contributed by atoms with Crippen molar-refractivity contribution in [3.8, 4) is 10.8 Å². The fraction of sp³-hybridized carbons (Fsp3) is 0.438. The molecule has 0 heterocycles. The summed E-state index contributed by atoms with van der Waals surface area (Å²) in [4.78, 5) is 57.2. The van der Waals surface area contributed by atoms with Crippen molar-refractivity contribution in [3.63, 3.8) is 0 Å². The van der Waals surface area contributed by atoms with Crippen LogP contribution in [0.5, 0.6) is 0 Å². The first-order valence-corrected chi connectivity index (χ1v) is 15.3. The van der Waals surface area contributed by atoms with E-state index in [0.29, 0.717) is 11.1 Å². The first kappa shape index (κ1) is 28.5. The van der Waals surface area contributed by atoms with E-state index in [0.717, 1.165) is 34.7 Å². The molecule has 8 aliphatic rings. The maximum absolute atomic E-state index is 15.0. The summed E-state index contributed by atoms with van der Waals surface area (Å²) in [5.74, 6) is -4.48. The summed E-state index contributed by atoms with van der Waals surface area (Å²) in [7, 11) is 2.41. The molecule has 8 nitrogen and oxygen atoms in total. The number of carbonyl (C=O) groups is 4. The van der Waals surface area contributed by atoms with Crippen LogP contribution in [0.1, 0.15) is 27.7 Å². The number of rotatable bonds is 6. The average Bonchev–Trinajstić information content (AvgIpc) is 3.11. The van der Waals surface area contributed by atoms with Crippen LogP contribution in [0.4, 0.5) is 0 Å². The van der Waals surface area contributed by atoms with Crippen LogP contribution in [0.15, 0.2) is 69.9 Å². The van der Waals surface area contributed by atoms with Gasteiger partial charge in [-0.3, -0.25) is 9.59 Å². The Bertz CT molecular complexity index is 1570. The number of allylic oxidation sites excluding steroid dienone is 10. The second-order valence-electron chi connectivity index (χ2n) is 12.0. The van der Waals surface area contributed by atoms with E-state index in [9.17, 15) is 20.1 Å². The van der Waals surface area contributed by atoms with Gasteiger partial charge in [0, 0.05) is 11.8 Å². The van der Waals surface area contributed by atoms with Crippen molar-refractivity contribution in [1.29, 1.82) is 10.5 Å². The number of carbonyl (C=O) groups excluding carboxylic acids is 4. The van der Waals surface area contributed by atoms with Crippen LogP contribution in [-0.4, -0.2) is 47.2 Å². The van der Waals surface area contributed by atoms with Gasteiger partial charge in [-0.25, -0.2) is 9.59 Å². The summed E-state index contributed by atoms with van der Waals surface area (Å²) >= 11 is 1.57. The fourth-order valence-corrected chi connectivity index (χ4v) is 11.1. The fourth-order valence-electron chi connectivity index (χ4n) is 8.76. The Kier molecular flexibility index (Phi) is 6.08. The van der Waals surface area contributed by atoms with Gasteiger partial charge in [0.25, 0.3) is 0 Å². The molecular weight excluding hydrogens is 572 g/mol. The summed E-state index contributed by atoms with van der Waals surface area (Å²) in [6, 6.07) is 0. The van der Waals surface area contributed by atoms with Gasteiger partial charge in [-0.2, -0.15) is 10.5 Å². The largest absolute Gasteiger partial charge is 0.465 e. The second kappa shape index (κ2) is 8.95. The van der Waals surface area contributed by atoms with Gasteiger partial charge in [-0.15, -0.1) is 0 Å². The Labute approximate surface area is 252 Å². The molecule has 0 saturated carbocycles. The number of methoxy groups -OCH3 is 2. The summed E-state index contributed by atoms with van der Waals surface area (Å²) in [5, 5.41) is 25.1. The third-order valence-corrected chi connectivity index (χ3v) is 12.5. The van der Waals surface area contributed by atoms with E-state index in [2.05, 4.69) is 10.8 Å². The Hall–Kier alpha value is -3.60. The standard InChI is InChI=1S/C32H28N2O6S2/c1-15(2)17-11-21-23(27(37)39-5)26(36)32(42-14-34)20-8-10-30-22(12-18(20)16(3)4)24(28(38)40-6)25(35)31(30,41-13-33)19(17)7-9-29(21,30)32/h7-12,15-16,19-20H,1-6H3/t19-,20+,29-,30+,31-,32+. The number of ketones is 2. The van der Waals surface area contributed by atoms with Crippen LogP contribution in [0, 0.1) is 55.8 Å². The number of thioether (sulfide) groups is 2. The molecule has 0 fully saturated rings. The number of thiocyanates is 2. The van der Waals surface area contributed by atoms with E-state index in [1.807, 2.05) is 64.2 Å². The molecule has 10 heteroatoms. The van der Waals surface area contributed by atoms with E-state index in [1.165, 1.54) is 14.2 Å². The van der Waals surface area contributed by atoms with Gasteiger partial charge in [0.05, 0.1) is 25.0 Å². The zero-order valence-corrected chi connectivity index (χ0v) is 25.6. The Morgan fingerprint density at radius 3 is 1.40 bits per heavy atom. The maximum atomic E-state index is 15.0. The Morgan fingerprint density at radius 1 is 0.762 bits per heavy atom. The third kappa shape index (κ3) is 2.64. The second-order valence-corrected chi connectivity index (χ2v) is 14.0. The quantitative estimate of drug-likeness (QED) is 0.185. The Morgan fingerprint density at radius 2 is 1.12 bits per heavy atom. The predicted molar refractivity (Wildman–Crippen MR) is 156 cm³/mol. The zero-order chi connectivity index (χ0) is 30.6. The number of esters is 2. The van der Waals surface area contributed by atoms with E-state index >= 15 is 9.59 Å². The molecule has 0 aromatic carbocycles. The lowest BCUT2D eigenvalue weighted by atomic mass is 9.43. The molecular formula is C32H28N2O6S2. The number of Topliss-reactive ketones (excluding diaryl/α,β-unsaturated/α-hetero) is 2. The highest BCUT2D eigenvalue weighted by Crippen LogP contribution is 2.83. The van der Waals surface area contributed by atoms with Crippen molar-refractivity contribution in [2.45, 2.75) is 37.2 Å².